The number of hydrogen-bond donors (Lipinski definition) is 0. The largest absolute Gasteiger partial charge is 0.206 e. The molecule has 0 heterocycles. The number of aryl methyl sites for hydroxylation is 1. The van der Waals surface area contributed by atoms with Crippen LogP contribution in [0.15, 0.2) is 36.4 Å². The van der Waals surface area contributed by atoms with E-state index in [4.69, 9.17) is 5.26 Å². The van der Waals surface area contributed by atoms with E-state index in [-0.39, 0.29) is 5.56 Å². The van der Waals surface area contributed by atoms with E-state index in [1.807, 2.05) is 18.2 Å². The Morgan fingerprint density at radius 3 is 2.29 bits per heavy atom. The van der Waals surface area contributed by atoms with Gasteiger partial charge in [-0.2, -0.15) is 5.26 Å². The van der Waals surface area contributed by atoms with Gasteiger partial charge in [0.2, 0.25) is 0 Å². The summed E-state index contributed by atoms with van der Waals surface area (Å²) in [7, 11) is 0. The van der Waals surface area contributed by atoms with Crippen LogP contribution in [-0.2, 0) is 12.8 Å². The summed E-state index contributed by atoms with van der Waals surface area (Å²) in [5.74, 6) is -4.00. The highest BCUT2D eigenvalue weighted by Gasteiger charge is 2.28. The Balaban J connectivity index is 1.70. The number of nitrogens with zero attached hydrogens (tertiary/aromatic N) is 1. The topological polar surface area (TPSA) is 23.8 Å². The van der Waals surface area contributed by atoms with Gasteiger partial charge in [-0.05, 0) is 58.9 Å². The Kier molecular flexibility index (Phi) is 5.82. The summed E-state index contributed by atoms with van der Waals surface area (Å²) in [5.41, 5.74) is 2.16. The van der Waals surface area contributed by atoms with Crippen LogP contribution in [0.2, 0.25) is 0 Å². The smallest absolute Gasteiger partial charge is 0.144 e. The molecule has 0 aromatic heterocycles. The molecule has 0 aliphatic heterocycles. The van der Waals surface area contributed by atoms with Crippen LogP contribution in [0.3, 0.4) is 0 Å². The molecule has 4 rings (SSSR count). The molecule has 0 bridgehead atoms. The van der Waals surface area contributed by atoms with Gasteiger partial charge in [-0.3, -0.25) is 0 Å². The molecule has 0 spiro atoms. The van der Waals surface area contributed by atoms with Gasteiger partial charge in [-0.25, -0.2) is 17.6 Å². The van der Waals surface area contributed by atoms with E-state index in [0.717, 1.165) is 42.5 Å². The average Bonchev–Trinajstić information content (AvgIpc) is 3.09. The lowest BCUT2D eigenvalue weighted by molar-refractivity contribution is 0.571. The third-order valence-corrected chi connectivity index (χ3v) is 5.91. The van der Waals surface area contributed by atoms with E-state index >= 15 is 4.39 Å². The van der Waals surface area contributed by atoms with Crippen molar-refractivity contribution in [3.05, 3.63) is 81.9 Å². The molecular formula is C26H21F4N. The highest BCUT2D eigenvalue weighted by atomic mass is 19.1. The molecule has 0 atom stereocenters. The van der Waals surface area contributed by atoms with Crippen molar-refractivity contribution >= 4 is 0 Å². The number of benzene rings is 3. The summed E-state index contributed by atoms with van der Waals surface area (Å²) in [6, 6.07) is 10.2. The van der Waals surface area contributed by atoms with Crippen molar-refractivity contribution in [1.82, 2.24) is 0 Å². The normalized spacial score (nSPS) is 11.9. The molecule has 0 amide bonds. The summed E-state index contributed by atoms with van der Waals surface area (Å²) >= 11 is 0. The molecule has 0 saturated carbocycles. The zero-order valence-corrected chi connectivity index (χ0v) is 17.2. The van der Waals surface area contributed by atoms with Gasteiger partial charge >= 0.3 is 0 Å². The maximum absolute atomic E-state index is 15.4. The predicted octanol–water partition coefficient (Wildman–Crippen LogP) is 7.48. The first-order chi connectivity index (χ1) is 14.9. The molecular weight excluding hydrogens is 402 g/mol. The molecule has 1 aliphatic rings. The highest BCUT2D eigenvalue weighted by molar-refractivity contribution is 5.81. The van der Waals surface area contributed by atoms with Crippen LogP contribution >= 0.6 is 0 Å². The Morgan fingerprint density at radius 2 is 1.61 bits per heavy atom. The zero-order chi connectivity index (χ0) is 22.1. The van der Waals surface area contributed by atoms with Crippen LogP contribution in [0.5, 0.6) is 0 Å². The van der Waals surface area contributed by atoms with Crippen molar-refractivity contribution in [2.24, 2.45) is 0 Å². The lowest BCUT2D eigenvalue weighted by atomic mass is 9.96. The van der Waals surface area contributed by atoms with Crippen LogP contribution < -0.4 is 0 Å². The van der Waals surface area contributed by atoms with Crippen molar-refractivity contribution in [2.75, 3.05) is 0 Å². The molecule has 5 heteroatoms. The monoisotopic (exact) mass is 423 g/mol. The first-order valence-corrected chi connectivity index (χ1v) is 10.5. The van der Waals surface area contributed by atoms with Crippen LogP contribution in [0.1, 0.15) is 54.9 Å². The standard InChI is InChI=1S/C26H21F4N/c1-2-3-4-5-6-15-7-8-18-16(9-15)10-20-19(18)13-24(29)25(26(20)30)17-11-22(27)21(14-31)23(28)12-17/h7-9,11-13H,2-6,10H2,1H3. The second-order valence-corrected chi connectivity index (χ2v) is 7.98. The van der Waals surface area contributed by atoms with Crippen LogP contribution in [-0.4, -0.2) is 0 Å². The van der Waals surface area contributed by atoms with E-state index in [2.05, 4.69) is 6.92 Å². The number of rotatable bonds is 6. The number of unbranched alkanes of at least 4 members (excludes halogenated alkanes) is 3. The van der Waals surface area contributed by atoms with E-state index < -0.39 is 34.4 Å². The second-order valence-electron chi connectivity index (χ2n) is 7.98. The van der Waals surface area contributed by atoms with Gasteiger partial charge < -0.3 is 0 Å². The van der Waals surface area contributed by atoms with Crippen LogP contribution in [0.25, 0.3) is 22.3 Å². The third-order valence-electron chi connectivity index (χ3n) is 5.91. The maximum Gasteiger partial charge on any atom is 0.144 e. The van der Waals surface area contributed by atoms with Crippen molar-refractivity contribution in [1.29, 1.82) is 5.26 Å². The van der Waals surface area contributed by atoms with Gasteiger partial charge in [0, 0.05) is 12.0 Å². The second kappa shape index (κ2) is 8.55. The minimum absolute atomic E-state index is 0.264. The number of fused-ring (bicyclic) bond motifs is 3. The Morgan fingerprint density at radius 1 is 0.871 bits per heavy atom. The van der Waals surface area contributed by atoms with Gasteiger partial charge in [-0.15, -0.1) is 0 Å². The van der Waals surface area contributed by atoms with Crippen molar-refractivity contribution in [3.63, 3.8) is 0 Å². The maximum atomic E-state index is 15.4. The van der Waals surface area contributed by atoms with Crippen molar-refractivity contribution in [2.45, 2.75) is 45.4 Å². The number of hydrogen-bond acceptors (Lipinski definition) is 1. The van der Waals surface area contributed by atoms with Crippen LogP contribution in [0, 0.1) is 34.6 Å². The fourth-order valence-electron chi connectivity index (χ4n) is 4.32. The van der Waals surface area contributed by atoms with Crippen molar-refractivity contribution in [3.8, 4) is 28.3 Å². The number of nitriles is 1. The summed E-state index contributed by atoms with van der Waals surface area (Å²) in [4.78, 5) is 0. The summed E-state index contributed by atoms with van der Waals surface area (Å²) in [6.45, 7) is 2.16. The van der Waals surface area contributed by atoms with Crippen LogP contribution in [0.4, 0.5) is 17.6 Å². The fourth-order valence-corrected chi connectivity index (χ4v) is 4.32. The Bertz CT molecular complexity index is 1180. The molecule has 3 aromatic rings. The lowest BCUT2D eigenvalue weighted by Gasteiger charge is -2.11. The quantitative estimate of drug-likeness (QED) is 0.233. The average molecular weight is 423 g/mol. The van der Waals surface area contributed by atoms with E-state index in [0.29, 0.717) is 17.5 Å². The minimum atomic E-state index is -1.15. The molecule has 0 radical (unpaired) electrons. The Labute approximate surface area is 179 Å². The van der Waals surface area contributed by atoms with Gasteiger partial charge in [0.05, 0.1) is 5.56 Å². The van der Waals surface area contributed by atoms with E-state index in [9.17, 15) is 13.2 Å². The fraction of sp³-hybridized carbons (Fsp3) is 0.269. The minimum Gasteiger partial charge on any atom is -0.206 e. The third kappa shape index (κ3) is 3.83. The molecule has 31 heavy (non-hydrogen) atoms. The van der Waals surface area contributed by atoms with E-state index in [1.54, 1.807) is 0 Å². The SMILES string of the molecule is CCCCCCc1ccc2c(c1)Cc1c-2cc(F)c(-c2cc(F)c(C#N)c(F)c2)c1F. The molecule has 0 fully saturated rings. The number of halogens is 4. The zero-order valence-electron chi connectivity index (χ0n) is 17.2. The van der Waals surface area contributed by atoms with Gasteiger partial charge in [0.15, 0.2) is 0 Å². The highest BCUT2D eigenvalue weighted by Crippen LogP contribution is 2.43. The first kappa shape index (κ1) is 21.1. The summed E-state index contributed by atoms with van der Waals surface area (Å²) in [6.07, 6.45) is 5.85. The summed E-state index contributed by atoms with van der Waals surface area (Å²) < 4.78 is 58.3. The Hall–Kier alpha value is -3.13. The van der Waals surface area contributed by atoms with Crippen molar-refractivity contribution < 1.29 is 17.6 Å². The first-order valence-electron chi connectivity index (χ1n) is 10.5. The molecule has 3 aromatic carbocycles. The predicted molar refractivity (Wildman–Crippen MR) is 113 cm³/mol. The van der Waals surface area contributed by atoms with Gasteiger partial charge in [-0.1, -0.05) is 44.4 Å². The molecule has 1 nitrogen and oxygen atoms in total. The van der Waals surface area contributed by atoms with E-state index in [1.165, 1.54) is 30.5 Å². The molecule has 0 N–H and O–H groups in total. The summed E-state index contributed by atoms with van der Waals surface area (Å²) in [5, 5.41) is 8.82. The molecule has 158 valence electrons. The van der Waals surface area contributed by atoms with Gasteiger partial charge in [0.25, 0.3) is 0 Å². The molecule has 0 unspecified atom stereocenters. The lowest BCUT2D eigenvalue weighted by Crippen LogP contribution is -1.99. The molecule has 1 aliphatic carbocycles. The molecule has 0 saturated heterocycles. The van der Waals surface area contributed by atoms with Gasteiger partial charge in [0.1, 0.15) is 34.9 Å².